The third-order valence-electron chi connectivity index (χ3n) is 8.50. The van der Waals surface area contributed by atoms with Crippen LogP contribution >= 0.6 is 0 Å². The lowest BCUT2D eigenvalue weighted by atomic mass is 9.98. The zero-order chi connectivity index (χ0) is 30.7. The molecule has 1 saturated heterocycles. The SMILES string of the molecule is CCCCCCC=CCCCCCCCCCCO[C@H]1C(O)O[C@H](CO)[C@@H](O)[C@@H]1OCC[C@@H](CCCCCCC)OC. The predicted octanol–water partition coefficient (Wildman–Crippen LogP) is 7.63. The normalized spacial score (nSPS) is 23.6. The molecule has 1 fully saturated rings. The second-order valence-electron chi connectivity index (χ2n) is 12.2. The molecule has 0 aromatic carbocycles. The number of ether oxygens (including phenoxy) is 4. The molecule has 0 bridgehead atoms. The maximum absolute atomic E-state index is 10.8. The fourth-order valence-corrected chi connectivity index (χ4v) is 5.69. The van der Waals surface area contributed by atoms with E-state index in [2.05, 4.69) is 26.0 Å². The molecule has 1 heterocycles. The molecule has 0 spiro atoms. The van der Waals surface area contributed by atoms with Gasteiger partial charge in [-0.3, -0.25) is 0 Å². The van der Waals surface area contributed by atoms with Crippen LogP contribution in [0.1, 0.15) is 149 Å². The quantitative estimate of drug-likeness (QED) is 0.0600. The molecule has 1 rings (SSSR count). The van der Waals surface area contributed by atoms with Crippen molar-refractivity contribution in [3.63, 3.8) is 0 Å². The summed E-state index contributed by atoms with van der Waals surface area (Å²) < 4.78 is 23.1. The number of hydrogen-bond acceptors (Lipinski definition) is 7. The molecule has 0 amide bonds. The van der Waals surface area contributed by atoms with E-state index in [4.69, 9.17) is 18.9 Å². The average Bonchev–Trinajstić information content (AvgIpc) is 3.00. The van der Waals surface area contributed by atoms with E-state index in [9.17, 15) is 15.3 Å². The van der Waals surface area contributed by atoms with E-state index in [0.717, 1.165) is 25.7 Å². The van der Waals surface area contributed by atoms with Crippen LogP contribution in [0, 0.1) is 0 Å². The van der Waals surface area contributed by atoms with Crippen LogP contribution in [-0.2, 0) is 18.9 Å². The smallest absolute Gasteiger partial charge is 0.184 e. The van der Waals surface area contributed by atoms with Crippen LogP contribution < -0.4 is 0 Å². The zero-order valence-electron chi connectivity index (χ0n) is 27.6. The van der Waals surface area contributed by atoms with E-state index >= 15 is 0 Å². The molecule has 0 saturated carbocycles. The van der Waals surface area contributed by atoms with Crippen molar-refractivity contribution in [1.29, 1.82) is 0 Å². The Morgan fingerprint density at radius 3 is 1.76 bits per heavy atom. The van der Waals surface area contributed by atoms with E-state index in [1.807, 2.05) is 0 Å². The van der Waals surface area contributed by atoms with Crippen molar-refractivity contribution in [2.24, 2.45) is 0 Å². The highest BCUT2D eigenvalue weighted by atomic mass is 16.7. The highest BCUT2D eigenvalue weighted by Gasteiger charge is 2.46. The zero-order valence-corrected chi connectivity index (χ0v) is 27.6. The number of hydrogen-bond donors (Lipinski definition) is 3. The van der Waals surface area contributed by atoms with E-state index in [0.29, 0.717) is 19.6 Å². The third-order valence-corrected chi connectivity index (χ3v) is 8.50. The molecule has 6 atom stereocenters. The number of methoxy groups -OCH3 is 1. The summed E-state index contributed by atoms with van der Waals surface area (Å²) in [6, 6.07) is 0. The Labute approximate surface area is 258 Å². The van der Waals surface area contributed by atoms with Crippen molar-refractivity contribution in [3.8, 4) is 0 Å². The largest absolute Gasteiger partial charge is 0.394 e. The number of rotatable bonds is 29. The molecular weight excluding hydrogens is 532 g/mol. The Balaban J connectivity index is 2.22. The molecule has 1 aliphatic rings. The van der Waals surface area contributed by atoms with Gasteiger partial charge in [0, 0.05) is 20.3 Å². The van der Waals surface area contributed by atoms with Gasteiger partial charge in [-0.05, 0) is 44.9 Å². The predicted molar refractivity (Wildman–Crippen MR) is 172 cm³/mol. The molecule has 42 heavy (non-hydrogen) atoms. The second-order valence-corrected chi connectivity index (χ2v) is 12.2. The topological polar surface area (TPSA) is 97.6 Å². The van der Waals surface area contributed by atoms with Gasteiger partial charge in [0.15, 0.2) is 6.29 Å². The summed E-state index contributed by atoms with van der Waals surface area (Å²) in [7, 11) is 1.73. The Bertz CT molecular complexity index is 602. The fraction of sp³-hybridized carbons (Fsp3) is 0.943. The lowest BCUT2D eigenvalue weighted by Crippen LogP contribution is -2.60. The number of aliphatic hydroxyl groups is 3. The van der Waals surface area contributed by atoms with E-state index in [-0.39, 0.29) is 12.7 Å². The lowest BCUT2D eigenvalue weighted by molar-refractivity contribution is -0.304. The standard InChI is InChI=1S/C35H68O7/c1-4-6-8-10-11-12-13-14-15-16-17-18-19-20-22-24-27-40-34-33(32(37)31(29-36)42-35(34)38)41-28-26-30(39-3)25-23-21-9-7-5-2/h12-13,30-38H,4-11,14-29H2,1-3H3/t30-,31-,32-,33+,34-,35?/m1/s1. The van der Waals surface area contributed by atoms with Crippen LogP contribution in [0.4, 0.5) is 0 Å². The van der Waals surface area contributed by atoms with Gasteiger partial charge in [0.25, 0.3) is 0 Å². The van der Waals surface area contributed by atoms with E-state index in [1.165, 1.54) is 103 Å². The van der Waals surface area contributed by atoms with Gasteiger partial charge in [0.05, 0.1) is 12.7 Å². The molecule has 1 aliphatic heterocycles. The Morgan fingerprint density at radius 2 is 1.17 bits per heavy atom. The molecule has 0 aliphatic carbocycles. The van der Waals surface area contributed by atoms with Crippen LogP contribution in [0.15, 0.2) is 12.2 Å². The Kier molecular flexibility index (Phi) is 26.3. The molecule has 250 valence electrons. The van der Waals surface area contributed by atoms with Crippen molar-refractivity contribution in [2.75, 3.05) is 26.9 Å². The van der Waals surface area contributed by atoms with Crippen molar-refractivity contribution >= 4 is 0 Å². The number of unbranched alkanes of at least 4 members (excludes halogenated alkanes) is 16. The lowest BCUT2D eigenvalue weighted by Gasteiger charge is -2.42. The molecule has 1 unspecified atom stereocenters. The van der Waals surface area contributed by atoms with Gasteiger partial charge in [0.2, 0.25) is 0 Å². The van der Waals surface area contributed by atoms with Gasteiger partial charge >= 0.3 is 0 Å². The van der Waals surface area contributed by atoms with Crippen LogP contribution in [0.3, 0.4) is 0 Å². The average molecular weight is 601 g/mol. The first-order chi connectivity index (χ1) is 20.6. The van der Waals surface area contributed by atoms with Gasteiger partial charge < -0.3 is 34.3 Å². The minimum Gasteiger partial charge on any atom is -0.394 e. The molecular formula is C35H68O7. The van der Waals surface area contributed by atoms with Gasteiger partial charge in [-0.15, -0.1) is 0 Å². The van der Waals surface area contributed by atoms with Crippen molar-refractivity contribution in [3.05, 3.63) is 12.2 Å². The van der Waals surface area contributed by atoms with Gasteiger partial charge in [-0.2, -0.15) is 0 Å². The van der Waals surface area contributed by atoms with Crippen molar-refractivity contribution < 1.29 is 34.3 Å². The molecule has 3 N–H and O–H groups in total. The van der Waals surface area contributed by atoms with E-state index in [1.54, 1.807) is 7.11 Å². The maximum Gasteiger partial charge on any atom is 0.184 e. The molecule has 0 radical (unpaired) electrons. The first-order valence-corrected chi connectivity index (χ1v) is 17.6. The van der Waals surface area contributed by atoms with Crippen LogP contribution in [0.25, 0.3) is 0 Å². The summed E-state index contributed by atoms with van der Waals surface area (Å²) in [4.78, 5) is 0. The van der Waals surface area contributed by atoms with Crippen LogP contribution in [-0.4, -0.2) is 79.1 Å². The Morgan fingerprint density at radius 1 is 0.643 bits per heavy atom. The summed E-state index contributed by atoms with van der Waals surface area (Å²) in [6.45, 7) is 4.95. The molecule has 7 heteroatoms. The maximum atomic E-state index is 10.8. The number of aliphatic hydroxyl groups excluding tert-OH is 3. The highest BCUT2D eigenvalue weighted by molar-refractivity contribution is 4.91. The summed E-state index contributed by atoms with van der Waals surface area (Å²) in [5.74, 6) is 0. The fourth-order valence-electron chi connectivity index (χ4n) is 5.69. The van der Waals surface area contributed by atoms with Gasteiger partial charge in [-0.25, -0.2) is 0 Å². The minimum atomic E-state index is -1.25. The summed E-state index contributed by atoms with van der Waals surface area (Å²) >= 11 is 0. The first kappa shape index (κ1) is 39.5. The summed E-state index contributed by atoms with van der Waals surface area (Å²) in [5.41, 5.74) is 0. The summed E-state index contributed by atoms with van der Waals surface area (Å²) in [6.07, 6.45) is 25.3. The van der Waals surface area contributed by atoms with Gasteiger partial charge in [0.1, 0.15) is 24.4 Å². The number of allylic oxidation sites excluding steroid dienone is 2. The molecule has 7 nitrogen and oxygen atoms in total. The third kappa shape index (κ3) is 19.0. The van der Waals surface area contributed by atoms with E-state index < -0.39 is 30.7 Å². The van der Waals surface area contributed by atoms with Gasteiger partial charge in [-0.1, -0.05) is 116 Å². The Hall–Kier alpha value is -0.540. The van der Waals surface area contributed by atoms with Crippen LogP contribution in [0.5, 0.6) is 0 Å². The monoisotopic (exact) mass is 600 g/mol. The van der Waals surface area contributed by atoms with Crippen molar-refractivity contribution in [2.45, 2.75) is 185 Å². The highest BCUT2D eigenvalue weighted by Crippen LogP contribution is 2.26. The molecule has 0 aromatic heterocycles. The molecule has 0 aromatic rings. The second kappa shape index (κ2) is 28.0. The van der Waals surface area contributed by atoms with Crippen molar-refractivity contribution in [1.82, 2.24) is 0 Å². The summed E-state index contributed by atoms with van der Waals surface area (Å²) in [5, 5.41) is 30.9. The first-order valence-electron chi connectivity index (χ1n) is 17.6. The van der Waals surface area contributed by atoms with Crippen LogP contribution in [0.2, 0.25) is 0 Å². The minimum absolute atomic E-state index is 0.100.